The van der Waals surface area contributed by atoms with Crippen LogP contribution in [0.1, 0.15) is 32.3 Å². The van der Waals surface area contributed by atoms with Crippen LogP contribution in [0.4, 0.5) is 0 Å². The highest BCUT2D eigenvalue weighted by molar-refractivity contribution is 7.92. The molecule has 1 atom stereocenters. The van der Waals surface area contributed by atoms with Crippen molar-refractivity contribution in [1.82, 2.24) is 0 Å². The average molecular weight is 294 g/mol. The molecule has 4 heteroatoms. The van der Waals surface area contributed by atoms with Gasteiger partial charge in [-0.15, -0.1) is 0 Å². The summed E-state index contributed by atoms with van der Waals surface area (Å²) >= 11 is 0. The van der Waals surface area contributed by atoms with Gasteiger partial charge in [0.25, 0.3) is 0 Å². The molecule has 0 radical (unpaired) electrons. The summed E-state index contributed by atoms with van der Waals surface area (Å²) in [6.07, 6.45) is 3.78. The first-order valence-electron chi connectivity index (χ1n) is 7.06. The van der Waals surface area contributed by atoms with Crippen molar-refractivity contribution < 1.29 is 13.2 Å². The van der Waals surface area contributed by atoms with Gasteiger partial charge in [-0.25, -0.2) is 8.42 Å². The summed E-state index contributed by atoms with van der Waals surface area (Å²) in [5, 5.41) is -0.592. The van der Waals surface area contributed by atoms with Crippen LogP contribution in [0.2, 0.25) is 0 Å². The molecule has 0 N–H and O–H groups in total. The minimum absolute atomic E-state index is 0.0225. The molecular formula is C16H22O3S. The van der Waals surface area contributed by atoms with Crippen molar-refractivity contribution >= 4 is 9.84 Å². The Hall–Kier alpha value is -1.29. The second kappa shape index (κ2) is 6.00. The molecule has 3 nitrogen and oxygen atoms in total. The Morgan fingerprint density at radius 1 is 1.15 bits per heavy atom. The number of hydrogen-bond acceptors (Lipinski definition) is 3. The Balaban J connectivity index is 2.42. The van der Waals surface area contributed by atoms with Gasteiger partial charge in [0, 0.05) is 0 Å². The SMILES string of the molecule is Cc1ccc(S(=O)(=O)C(C2=CCCCO2)C(C)C)cc1. The molecule has 0 bridgehead atoms. The zero-order valence-electron chi connectivity index (χ0n) is 12.3. The molecule has 0 aromatic heterocycles. The van der Waals surface area contributed by atoms with Gasteiger partial charge in [0.2, 0.25) is 0 Å². The Labute approximate surface area is 121 Å². The Morgan fingerprint density at radius 2 is 1.80 bits per heavy atom. The number of hydrogen-bond donors (Lipinski definition) is 0. The van der Waals surface area contributed by atoms with Gasteiger partial charge in [0.05, 0.1) is 11.5 Å². The van der Waals surface area contributed by atoms with E-state index in [9.17, 15) is 8.42 Å². The van der Waals surface area contributed by atoms with Crippen LogP contribution >= 0.6 is 0 Å². The lowest BCUT2D eigenvalue weighted by molar-refractivity contribution is 0.178. The lowest BCUT2D eigenvalue weighted by atomic mass is 10.1. The van der Waals surface area contributed by atoms with E-state index >= 15 is 0 Å². The van der Waals surface area contributed by atoms with Gasteiger partial charge in [-0.1, -0.05) is 31.5 Å². The van der Waals surface area contributed by atoms with Crippen molar-refractivity contribution in [3.63, 3.8) is 0 Å². The summed E-state index contributed by atoms with van der Waals surface area (Å²) in [5.74, 6) is 0.595. The normalized spacial score (nSPS) is 17.5. The predicted molar refractivity (Wildman–Crippen MR) is 80.3 cm³/mol. The van der Waals surface area contributed by atoms with Crippen molar-refractivity contribution in [2.45, 2.75) is 43.8 Å². The minimum atomic E-state index is -3.41. The highest BCUT2D eigenvalue weighted by atomic mass is 32.2. The molecule has 1 heterocycles. The molecule has 110 valence electrons. The summed E-state index contributed by atoms with van der Waals surface area (Å²) < 4.78 is 31.3. The van der Waals surface area contributed by atoms with E-state index in [-0.39, 0.29) is 5.92 Å². The van der Waals surface area contributed by atoms with E-state index in [4.69, 9.17) is 4.74 Å². The van der Waals surface area contributed by atoms with E-state index < -0.39 is 15.1 Å². The van der Waals surface area contributed by atoms with Gasteiger partial charge in [0.15, 0.2) is 9.84 Å². The maximum absolute atomic E-state index is 12.9. The van der Waals surface area contributed by atoms with Crippen molar-refractivity contribution in [1.29, 1.82) is 0 Å². The van der Waals surface area contributed by atoms with Gasteiger partial charge in [0.1, 0.15) is 11.0 Å². The van der Waals surface area contributed by atoms with Gasteiger partial charge in [-0.2, -0.15) is 0 Å². The molecule has 0 saturated heterocycles. The Morgan fingerprint density at radius 3 is 2.30 bits per heavy atom. The molecule has 0 aliphatic carbocycles. The topological polar surface area (TPSA) is 43.4 Å². The molecule has 2 rings (SSSR count). The predicted octanol–water partition coefficient (Wildman–Crippen LogP) is 3.49. The zero-order valence-corrected chi connectivity index (χ0v) is 13.1. The Kier molecular flexibility index (Phi) is 4.53. The molecule has 1 aromatic carbocycles. The smallest absolute Gasteiger partial charge is 0.188 e. The monoisotopic (exact) mass is 294 g/mol. The Bertz CT molecular complexity index is 583. The first-order valence-corrected chi connectivity index (χ1v) is 8.61. The molecule has 0 spiro atoms. The molecule has 1 aliphatic rings. The quantitative estimate of drug-likeness (QED) is 0.853. The van der Waals surface area contributed by atoms with Crippen LogP contribution in [0.15, 0.2) is 41.0 Å². The third kappa shape index (κ3) is 3.06. The van der Waals surface area contributed by atoms with E-state index in [1.54, 1.807) is 12.1 Å². The largest absolute Gasteiger partial charge is 0.497 e. The molecule has 1 aliphatic heterocycles. The standard InChI is InChI=1S/C16H22O3S/c1-12(2)16(15-6-4-5-11-19-15)20(17,18)14-9-7-13(3)8-10-14/h6-10,12,16H,4-5,11H2,1-3H3. The second-order valence-corrected chi connectivity index (χ2v) is 7.69. The third-order valence-corrected chi connectivity index (χ3v) is 5.91. The third-order valence-electron chi connectivity index (χ3n) is 3.53. The molecule has 0 amide bonds. The van der Waals surface area contributed by atoms with Gasteiger partial charge in [-0.05, 0) is 43.9 Å². The molecule has 1 unspecified atom stereocenters. The maximum Gasteiger partial charge on any atom is 0.188 e. The van der Waals surface area contributed by atoms with Crippen molar-refractivity contribution in [3.8, 4) is 0 Å². The van der Waals surface area contributed by atoms with Crippen LogP contribution in [0, 0.1) is 12.8 Å². The first kappa shape index (κ1) is 15.1. The van der Waals surface area contributed by atoms with E-state index in [0.29, 0.717) is 17.3 Å². The number of allylic oxidation sites excluding steroid dienone is 1. The van der Waals surface area contributed by atoms with Crippen molar-refractivity contribution in [3.05, 3.63) is 41.7 Å². The van der Waals surface area contributed by atoms with E-state index in [1.807, 2.05) is 39.0 Å². The van der Waals surface area contributed by atoms with E-state index in [0.717, 1.165) is 18.4 Å². The number of ether oxygens (including phenoxy) is 1. The maximum atomic E-state index is 12.9. The molecule has 20 heavy (non-hydrogen) atoms. The van der Waals surface area contributed by atoms with Crippen LogP contribution in [0.5, 0.6) is 0 Å². The van der Waals surface area contributed by atoms with Crippen LogP contribution in [0.25, 0.3) is 0 Å². The number of rotatable bonds is 4. The van der Waals surface area contributed by atoms with Gasteiger partial charge in [-0.3, -0.25) is 0 Å². The minimum Gasteiger partial charge on any atom is -0.497 e. The van der Waals surface area contributed by atoms with Crippen molar-refractivity contribution in [2.75, 3.05) is 6.61 Å². The summed E-state index contributed by atoms with van der Waals surface area (Å²) in [7, 11) is -3.41. The van der Waals surface area contributed by atoms with E-state index in [1.165, 1.54) is 0 Å². The molecule has 0 fully saturated rings. The average Bonchev–Trinajstić information content (AvgIpc) is 2.39. The summed E-state index contributed by atoms with van der Waals surface area (Å²) in [6, 6.07) is 7.04. The number of aryl methyl sites for hydroxylation is 1. The van der Waals surface area contributed by atoms with Gasteiger partial charge < -0.3 is 4.74 Å². The first-order chi connectivity index (χ1) is 9.43. The van der Waals surface area contributed by atoms with Gasteiger partial charge >= 0.3 is 0 Å². The fourth-order valence-corrected chi connectivity index (χ4v) is 4.48. The fourth-order valence-electron chi connectivity index (χ4n) is 2.49. The molecule has 1 aromatic rings. The zero-order chi connectivity index (χ0) is 14.8. The van der Waals surface area contributed by atoms with Crippen LogP contribution in [-0.4, -0.2) is 20.3 Å². The molecule has 0 saturated carbocycles. The molecular weight excluding hydrogens is 272 g/mol. The second-order valence-electron chi connectivity index (χ2n) is 5.62. The summed E-state index contributed by atoms with van der Waals surface area (Å²) in [5.41, 5.74) is 1.05. The van der Waals surface area contributed by atoms with Crippen molar-refractivity contribution in [2.24, 2.45) is 5.92 Å². The lowest BCUT2D eigenvalue weighted by Gasteiger charge is -2.26. The van der Waals surface area contributed by atoms with Crippen LogP contribution < -0.4 is 0 Å². The van der Waals surface area contributed by atoms with Crippen LogP contribution in [0.3, 0.4) is 0 Å². The number of benzene rings is 1. The highest BCUT2D eigenvalue weighted by Gasteiger charge is 2.35. The fraction of sp³-hybridized carbons (Fsp3) is 0.500. The van der Waals surface area contributed by atoms with Crippen LogP contribution in [-0.2, 0) is 14.6 Å². The van der Waals surface area contributed by atoms with E-state index in [2.05, 4.69) is 0 Å². The lowest BCUT2D eigenvalue weighted by Crippen LogP contribution is -2.31. The summed E-state index contributed by atoms with van der Waals surface area (Å²) in [4.78, 5) is 0.372. The number of sulfone groups is 1. The highest BCUT2D eigenvalue weighted by Crippen LogP contribution is 2.30. The summed E-state index contributed by atoms with van der Waals surface area (Å²) in [6.45, 7) is 6.41.